The third-order valence-electron chi connectivity index (χ3n) is 5.13. The van der Waals surface area contributed by atoms with Gasteiger partial charge in [-0.1, -0.05) is 31.5 Å². The Hall–Kier alpha value is -2.67. The van der Waals surface area contributed by atoms with Gasteiger partial charge in [0.1, 0.15) is 5.76 Å². The first-order chi connectivity index (χ1) is 14.0. The van der Waals surface area contributed by atoms with Gasteiger partial charge in [-0.2, -0.15) is 0 Å². The number of likely N-dealkylation sites (tertiary alicyclic amines) is 1. The van der Waals surface area contributed by atoms with E-state index in [0.717, 1.165) is 18.4 Å². The fourth-order valence-corrected chi connectivity index (χ4v) is 3.59. The first-order valence-electron chi connectivity index (χ1n) is 10.2. The van der Waals surface area contributed by atoms with E-state index in [2.05, 4.69) is 10.3 Å². The molecular formula is C22H29N3O4. The summed E-state index contributed by atoms with van der Waals surface area (Å²) < 4.78 is 5.71. The maximum atomic E-state index is 12.6. The minimum absolute atomic E-state index is 0.0321. The van der Waals surface area contributed by atoms with Crippen LogP contribution in [0.5, 0.6) is 0 Å². The molecule has 1 aromatic heterocycles. The largest absolute Gasteiger partial charge is 0.441 e. The summed E-state index contributed by atoms with van der Waals surface area (Å²) in [5.41, 5.74) is 1.45. The van der Waals surface area contributed by atoms with Crippen molar-refractivity contribution in [1.82, 2.24) is 15.2 Å². The van der Waals surface area contributed by atoms with Crippen LogP contribution in [0, 0.1) is 6.92 Å². The monoisotopic (exact) mass is 399 g/mol. The second-order valence-corrected chi connectivity index (χ2v) is 7.62. The minimum atomic E-state index is -0.627. The summed E-state index contributed by atoms with van der Waals surface area (Å²) in [5.74, 6) is 0.941. The zero-order chi connectivity index (χ0) is 20.8. The number of amides is 2. The average molecular weight is 399 g/mol. The molecule has 2 amide bonds. The topological polar surface area (TPSA) is 95.7 Å². The molecule has 1 aliphatic heterocycles. The maximum Gasteiger partial charge on any atom is 0.226 e. The Morgan fingerprint density at radius 2 is 2.03 bits per heavy atom. The van der Waals surface area contributed by atoms with Gasteiger partial charge in [-0.25, -0.2) is 4.98 Å². The summed E-state index contributed by atoms with van der Waals surface area (Å²) in [6, 6.07) is 9.28. The molecule has 1 aromatic carbocycles. The van der Waals surface area contributed by atoms with Crippen LogP contribution in [-0.2, 0) is 16.0 Å². The van der Waals surface area contributed by atoms with Gasteiger partial charge in [0.05, 0.1) is 18.2 Å². The van der Waals surface area contributed by atoms with Crippen molar-refractivity contribution in [1.29, 1.82) is 0 Å². The molecule has 7 heteroatoms. The second kappa shape index (κ2) is 9.69. The van der Waals surface area contributed by atoms with Crippen LogP contribution in [0.2, 0.25) is 0 Å². The van der Waals surface area contributed by atoms with Gasteiger partial charge in [-0.3, -0.25) is 9.59 Å². The van der Waals surface area contributed by atoms with Gasteiger partial charge in [0.2, 0.25) is 17.7 Å². The van der Waals surface area contributed by atoms with Gasteiger partial charge in [0.15, 0.2) is 0 Å². The molecule has 2 N–H and O–H groups in total. The van der Waals surface area contributed by atoms with Crippen LogP contribution in [-0.4, -0.2) is 52.0 Å². The Labute approximate surface area is 171 Å². The molecule has 7 nitrogen and oxygen atoms in total. The number of carbonyl (C=O) groups excluding carboxylic acids is 2. The highest BCUT2D eigenvalue weighted by atomic mass is 16.4. The predicted octanol–water partition coefficient (Wildman–Crippen LogP) is 2.46. The van der Waals surface area contributed by atoms with E-state index in [9.17, 15) is 14.7 Å². The molecule has 2 atom stereocenters. The van der Waals surface area contributed by atoms with Crippen LogP contribution in [0.1, 0.15) is 44.1 Å². The van der Waals surface area contributed by atoms with Gasteiger partial charge in [-0.15, -0.1) is 0 Å². The number of aliphatic hydroxyl groups excluding tert-OH is 1. The van der Waals surface area contributed by atoms with E-state index >= 15 is 0 Å². The highest BCUT2D eigenvalue weighted by Gasteiger charge is 2.29. The van der Waals surface area contributed by atoms with Crippen molar-refractivity contribution in [3.8, 4) is 11.5 Å². The number of β-amino-alcohol motifs (C(OH)–C–C–N with tert-alkyl or cyclic N) is 1. The lowest BCUT2D eigenvalue weighted by molar-refractivity contribution is -0.136. The number of nitrogens with one attached hydrogen (secondary N) is 1. The number of unbranched alkanes of at least 4 members (excludes halogenated alkanes) is 1. The van der Waals surface area contributed by atoms with Gasteiger partial charge in [0.25, 0.3) is 0 Å². The third-order valence-corrected chi connectivity index (χ3v) is 5.13. The normalized spacial score (nSPS) is 19.2. The Kier molecular flexibility index (Phi) is 7.04. The van der Waals surface area contributed by atoms with Crippen molar-refractivity contribution in [2.75, 3.05) is 13.1 Å². The average Bonchev–Trinajstić information content (AvgIpc) is 3.06. The number of nitrogens with zero attached hydrogens (tertiary/aromatic N) is 2. The standard InChI is InChI=1S/C22H29N3O4/c1-3-4-10-21(28)25-13-17(11-18(26)14-25)23-20(27)12-19-15(2)29-22(24-19)16-8-6-5-7-9-16/h5-9,17-18,26H,3-4,10-14H2,1-2H3,(H,23,27)/t17-,18+/m0/s1. The number of aliphatic hydroxyl groups is 1. The van der Waals surface area contributed by atoms with E-state index in [1.54, 1.807) is 11.8 Å². The van der Waals surface area contributed by atoms with Gasteiger partial charge in [-0.05, 0) is 31.9 Å². The smallest absolute Gasteiger partial charge is 0.226 e. The molecule has 2 aromatic rings. The Morgan fingerprint density at radius 3 is 2.76 bits per heavy atom. The van der Waals surface area contributed by atoms with Crippen molar-refractivity contribution in [3.05, 3.63) is 41.8 Å². The molecule has 1 aliphatic rings. The van der Waals surface area contributed by atoms with E-state index in [1.165, 1.54) is 0 Å². The molecule has 3 rings (SSSR count). The number of piperidine rings is 1. The van der Waals surface area contributed by atoms with E-state index < -0.39 is 6.10 Å². The first kappa shape index (κ1) is 21.0. The van der Waals surface area contributed by atoms with E-state index in [-0.39, 0.29) is 24.3 Å². The fourth-order valence-electron chi connectivity index (χ4n) is 3.59. The van der Waals surface area contributed by atoms with Crippen molar-refractivity contribution in [3.63, 3.8) is 0 Å². The molecule has 0 spiro atoms. The summed E-state index contributed by atoms with van der Waals surface area (Å²) in [6.07, 6.45) is 2.17. The van der Waals surface area contributed by atoms with E-state index in [1.807, 2.05) is 37.3 Å². The lowest BCUT2D eigenvalue weighted by atomic mass is 10.0. The van der Waals surface area contributed by atoms with Crippen LogP contribution in [0.3, 0.4) is 0 Å². The number of hydrogen-bond donors (Lipinski definition) is 2. The maximum absolute atomic E-state index is 12.6. The molecular weight excluding hydrogens is 370 g/mol. The number of rotatable bonds is 7. The van der Waals surface area contributed by atoms with Gasteiger partial charge in [0, 0.05) is 31.1 Å². The lowest BCUT2D eigenvalue weighted by Gasteiger charge is -2.36. The van der Waals surface area contributed by atoms with Crippen molar-refractivity contribution < 1.29 is 19.1 Å². The zero-order valence-electron chi connectivity index (χ0n) is 17.1. The van der Waals surface area contributed by atoms with Crippen LogP contribution in [0.4, 0.5) is 0 Å². The molecule has 2 heterocycles. The minimum Gasteiger partial charge on any atom is -0.441 e. The highest BCUT2D eigenvalue weighted by molar-refractivity contribution is 5.79. The SMILES string of the molecule is CCCCC(=O)N1C[C@H](O)C[C@H](NC(=O)Cc2nc(-c3ccccc3)oc2C)C1. The lowest BCUT2D eigenvalue weighted by Crippen LogP contribution is -2.54. The number of hydrogen-bond acceptors (Lipinski definition) is 5. The Bertz CT molecular complexity index is 834. The van der Waals surface area contributed by atoms with Gasteiger partial charge >= 0.3 is 0 Å². The third kappa shape index (κ3) is 5.67. The van der Waals surface area contributed by atoms with E-state index in [0.29, 0.717) is 43.3 Å². The molecule has 1 saturated heterocycles. The molecule has 0 saturated carbocycles. The second-order valence-electron chi connectivity index (χ2n) is 7.62. The van der Waals surface area contributed by atoms with Crippen LogP contribution in [0.15, 0.2) is 34.7 Å². The molecule has 0 bridgehead atoms. The van der Waals surface area contributed by atoms with Gasteiger partial charge < -0.3 is 19.7 Å². The zero-order valence-corrected chi connectivity index (χ0v) is 17.1. The van der Waals surface area contributed by atoms with Crippen LogP contribution in [0.25, 0.3) is 11.5 Å². The number of aromatic nitrogens is 1. The van der Waals surface area contributed by atoms with Crippen molar-refractivity contribution >= 4 is 11.8 Å². The predicted molar refractivity (Wildman–Crippen MR) is 109 cm³/mol. The summed E-state index contributed by atoms with van der Waals surface area (Å²) in [7, 11) is 0. The molecule has 1 fully saturated rings. The number of benzene rings is 1. The molecule has 0 radical (unpaired) electrons. The molecule has 0 aliphatic carbocycles. The van der Waals surface area contributed by atoms with Crippen molar-refractivity contribution in [2.45, 2.75) is 58.1 Å². The molecule has 156 valence electrons. The molecule has 0 unspecified atom stereocenters. The van der Waals surface area contributed by atoms with Crippen LogP contribution < -0.4 is 5.32 Å². The summed E-state index contributed by atoms with van der Waals surface area (Å²) in [4.78, 5) is 31.0. The highest BCUT2D eigenvalue weighted by Crippen LogP contribution is 2.22. The Morgan fingerprint density at radius 1 is 1.28 bits per heavy atom. The number of carbonyl (C=O) groups is 2. The van der Waals surface area contributed by atoms with Crippen LogP contribution >= 0.6 is 0 Å². The summed E-state index contributed by atoms with van der Waals surface area (Å²) in [5, 5.41) is 13.1. The summed E-state index contributed by atoms with van der Waals surface area (Å²) in [6.45, 7) is 4.59. The fraction of sp³-hybridized carbons (Fsp3) is 0.500. The summed E-state index contributed by atoms with van der Waals surface area (Å²) >= 11 is 0. The van der Waals surface area contributed by atoms with Crippen molar-refractivity contribution in [2.24, 2.45) is 0 Å². The Balaban J connectivity index is 1.59. The quantitative estimate of drug-likeness (QED) is 0.746. The number of oxazole rings is 1. The van der Waals surface area contributed by atoms with E-state index in [4.69, 9.17) is 4.42 Å². The molecule has 29 heavy (non-hydrogen) atoms. The number of aryl methyl sites for hydroxylation is 1. The first-order valence-corrected chi connectivity index (χ1v) is 10.2.